The zero-order chi connectivity index (χ0) is 15.7. The molecular formula is C15H15BrN4OS. The van der Waals surface area contributed by atoms with Gasteiger partial charge in [0.05, 0.1) is 6.20 Å². The van der Waals surface area contributed by atoms with Crippen molar-refractivity contribution in [3.8, 4) is 5.75 Å². The molecule has 0 fully saturated rings. The first-order valence-corrected chi connectivity index (χ1v) is 8.19. The summed E-state index contributed by atoms with van der Waals surface area (Å²) in [4.78, 5) is 8.90. The first-order valence-electron chi connectivity index (χ1n) is 6.70. The van der Waals surface area contributed by atoms with E-state index < -0.39 is 0 Å². The van der Waals surface area contributed by atoms with Crippen molar-refractivity contribution in [1.29, 1.82) is 0 Å². The molecular weight excluding hydrogens is 364 g/mol. The quantitative estimate of drug-likeness (QED) is 0.506. The van der Waals surface area contributed by atoms with Crippen LogP contribution in [0.5, 0.6) is 5.75 Å². The molecule has 0 saturated carbocycles. The van der Waals surface area contributed by atoms with Crippen molar-refractivity contribution in [2.45, 2.75) is 13.8 Å². The van der Waals surface area contributed by atoms with Crippen LogP contribution in [0.2, 0.25) is 0 Å². The van der Waals surface area contributed by atoms with Crippen LogP contribution in [0, 0.1) is 13.8 Å². The Morgan fingerprint density at radius 1 is 1.23 bits per heavy atom. The number of rotatable bonds is 4. The average Bonchev–Trinajstić information content (AvgIpc) is 2.83. The van der Waals surface area contributed by atoms with E-state index in [1.54, 1.807) is 6.20 Å². The Hall–Kier alpha value is -1.73. The maximum atomic E-state index is 5.72. The lowest BCUT2D eigenvalue weighted by atomic mass is 10.2. The predicted molar refractivity (Wildman–Crippen MR) is 93.5 cm³/mol. The van der Waals surface area contributed by atoms with E-state index in [1.165, 1.54) is 17.8 Å². The highest BCUT2D eigenvalue weighted by atomic mass is 79.9. The van der Waals surface area contributed by atoms with E-state index in [0.29, 0.717) is 0 Å². The first-order chi connectivity index (χ1) is 10.5. The second kappa shape index (κ2) is 6.18. The molecule has 114 valence electrons. The zero-order valence-corrected chi connectivity index (χ0v) is 14.8. The minimum atomic E-state index is 0.729. The molecule has 0 unspecified atom stereocenters. The number of benzene rings is 1. The summed E-state index contributed by atoms with van der Waals surface area (Å²) in [5.74, 6) is 0.810. The number of hydrogen-bond donors (Lipinski definition) is 0. The highest BCUT2D eigenvalue weighted by molar-refractivity contribution is 9.10. The van der Waals surface area contributed by atoms with Crippen LogP contribution in [0.25, 0.3) is 11.2 Å². The zero-order valence-electron chi connectivity index (χ0n) is 12.4. The van der Waals surface area contributed by atoms with Gasteiger partial charge >= 0.3 is 0 Å². The van der Waals surface area contributed by atoms with Gasteiger partial charge in [-0.05, 0) is 47.5 Å². The van der Waals surface area contributed by atoms with Crippen molar-refractivity contribution in [3.63, 3.8) is 0 Å². The van der Waals surface area contributed by atoms with Crippen molar-refractivity contribution in [2.24, 2.45) is 0 Å². The van der Waals surface area contributed by atoms with Crippen LogP contribution in [0.4, 0.5) is 0 Å². The number of nitrogens with zero attached hydrogens (tertiary/aromatic N) is 4. The summed E-state index contributed by atoms with van der Waals surface area (Å²) >= 11 is 4.59. The molecule has 0 radical (unpaired) electrons. The molecule has 2 heterocycles. The standard InChI is InChI=1S/C15H15BrN4OS/c1-10-4-6-12(7-5-10)21-22-19(3)20-9-11(2)14-15(20)17-8-13(16)18-14/h4-9H,1-3H3. The summed E-state index contributed by atoms with van der Waals surface area (Å²) in [5.41, 5.74) is 3.94. The van der Waals surface area contributed by atoms with Gasteiger partial charge in [0.15, 0.2) is 17.9 Å². The SMILES string of the molecule is Cc1ccc(OSN(C)n2cc(C)c3nc(Br)cnc32)cc1. The third kappa shape index (κ3) is 3.05. The van der Waals surface area contributed by atoms with Gasteiger partial charge in [0.1, 0.15) is 15.9 Å². The summed E-state index contributed by atoms with van der Waals surface area (Å²) < 4.78 is 10.2. The Morgan fingerprint density at radius 3 is 2.68 bits per heavy atom. The molecule has 0 N–H and O–H groups in total. The fourth-order valence-electron chi connectivity index (χ4n) is 2.04. The number of fused-ring (bicyclic) bond motifs is 1. The summed E-state index contributed by atoms with van der Waals surface area (Å²) in [7, 11) is 1.92. The third-order valence-electron chi connectivity index (χ3n) is 3.20. The van der Waals surface area contributed by atoms with Crippen LogP contribution in [0.3, 0.4) is 0 Å². The summed E-state index contributed by atoms with van der Waals surface area (Å²) in [5, 5.41) is 0. The first kappa shape index (κ1) is 15.2. The van der Waals surface area contributed by atoms with Gasteiger partial charge in [-0.1, -0.05) is 17.7 Å². The van der Waals surface area contributed by atoms with Crippen LogP contribution >= 0.6 is 28.2 Å². The summed E-state index contributed by atoms with van der Waals surface area (Å²) in [6, 6.07) is 7.94. The fourth-order valence-corrected chi connectivity index (χ4v) is 2.82. The minimum Gasteiger partial charge on any atom is -0.404 e. The van der Waals surface area contributed by atoms with Crippen LogP contribution in [-0.4, -0.2) is 21.7 Å². The van der Waals surface area contributed by atoms with E-state index in [0.717, 1.165) is 27.1 Å². The lowest BCUT2D eigenvalue weighted by Crippen LogP contribution is -2.22. The fraction of sp³-hybridized carbons (Fsp3) is 0.200. The maximum absolute atomic E-state index is 5.72. The van der Waals surface area contributed by atoms with Gasteiger partial charge in [-0.2, -0.15) is 0 Å². The average molecular weight is 379 g/mol. The van der Waals surface area contributed by atoms with Gasteiger partial charge in [-0.25, -0.2) is 19.1 Å². The third-order valence-corrected chi connectivity index (χ3v) is 4.24. The van der Waals surface area contributed by atoms with E-state index in [2.05, 4.69) is 32.8 Å². The second-order valence-electron chi connectivity index (χ2n) is 4.96. The summed E-state index contributed by atoms with van der Waals surface area (Å²) in [6.07, 6.45) is 3.68. The van der Waals surface area contributed by atoms with Gasteiger partial charge < -0.3 is 4.18 Å². The number of hydrogen-bond acceptors (Lipinski definition) is 5. The topological polar surface area (TPSA) is 43.2 Å². The van der Waals surface area contributed by atoms with Gasteiger partial charge in [0, 0.05) is 13.2 Å². The van der Waals surface area contributed by atoms with E-state index in [9.17, 15) is 0 Å². The highest BCUT2D eigenvalue weighted by Crippen LogP contribution is 2.23. The molecule has 0 aliphatic carbocycles. The normalized spacial score (nSPS) is 10.9. The molecule has 0 amide bonds. The largest absolute Gasteiger partial charge is 0.404 e. The highest BCUT2D eigenvalue weighted by Gasteiger charge is 2.13. The molecule has 0 aliphatic heterocycles. The molecule has 7 heteroatoms. The Morgan fingerprint density at radius 2 is 1.95 bits per heavy atom. The van der Waals surface area contributed by atoms with Crippen LogP contribution in [0.15, 0.2) is 41.3 Å². The van der Waals surface area contributed by atoms with Crippen molar-refractivity contribution in [1.82, 2.24) is 14.6 Å². The summed E-state index contributed by atoms with van der Waals surface area (Å²) in [6.45, 7) is 4.06. The molecule has 0 spiro atoms. The van der Waals surface area contributed by atoms with Crippen molar-refractivity contribution < 1.29 is 4.18 Å². The number of halogens is 1. The van der Waals surface area contributed by atoms with Gasteiger partial charge in [-0.3, -0.25) is 0 Å². The second-order valence-corrected chi connectivity index (χ2v) is 6.61. The lowest BCUT2D eigenvalue weighted by Gasteiger charge is -2.18. The van der Waals surface area contributed by atoms with Crippen LogP contribution < -0.4 is 8.60 Å². The molecule has 0 atom stereocenters. The van der Waals surface area contributed by atoms with Gasteiger partial charge in [0.25, 0.3) is 0 Å². The Kier molecular flexibility index (Phi) is 4.26. The molecule has 0 bridgehead atoms. The predicted octanol–water partition coefficient (Wildman–Crippen LogP) is 4.02. The molecule has 3 rings (SSSR count). The van der Waals surface area contributed by atoms with Crippen molar-refractivity contribution in [2.75, 3.05) is 11.5 Å². The van der Waals surface area contributed by atoms with Crippen LogP contribution in [-0.2, 0) is 0 Å². The van der Waals surface area contributed by atoms with E-state index in [-0.39, 0.29) is 0 Å². The maximum Gasteiger partial charge on any atom is 0.195 e. The molecule has 5 nitrogen and oxygen atoms in total. The number of aryl methyl sites for hydroxylation is 2. The molecule has 1 aromatic carbocycles. The van der Waals surface area contributed by atoms with Crippen LogP contribution in [0.1, 0.15) is 11.1 Å². The molecule has 3 aromatic rings. The molecule has 2 aromatic heterocycles. The molecule has 22 heavy (non-hydrogen) atoms. The molecule has 0 aliphatic rings. The van der Waals surface area contributed by atoms with Crippen molar-refractivity contribution >= 4 is 39.3 Å². The van der Waals surface area contributed by atoms with E-state index in [1.807, 2.05) is 53.5 Å². The monoisotopic (exact) mass is 378 g/mol. The van der Waals surface area contributed by atoms with Gasteiger partial charge in [-0.15, -0.1) is 0 Å². The Bertz CT molecular complexity index is 803. The lowest BCUT2D eigenvalue weighted by molar-refractivity contribution is 0.632. The van der Waals surface area contributed by atoms with E-state index in [4.69, 9.17) is 4.18 Å². The minimum absolute atomic E-state index is 0.729. The van der Waals surface area contributed by atoms with Crippen molar-refractivity contribution in [3.05, 3.63) is 52.4 Å². The molecule has 0 saturated heterocycles. The number of aromatic nitrogens is 3. The van der Waals surface area contributed by atoms with Gasteiger partial charge in [0.2, 0.25) is 0 Å². The Labute approximate surface area is 141 Å². The Balaban J connectivity index is 1.80. The smallest absolute Gasteiger partial charge is 0.195 e. The van der Waals surface area contributed by atoms with E-state index >= 15 is 0 Å².